The first kappa shape index (κ1) is 13.4. The summed E-state index contributed by atoms with van der Waals surface area (Å²) in [5.74, 6) is 0.0981. The molecule has 0 aliphatic rings. The smallest absolute Gasteiger partial charge is 0.313 e. The summed E-state index contributed by atoms with van der Waals surface area (Å²) >= 11 is 7.76. The van der Waals surface area contributed by atoms with Gasteiger partial charge in [0, 0.05) is 4.90 Å². The summed E-state index contributed by atoms with van der Waals surface area (Å²) in [7, 11) is 0. The molecule has 0 amide bonds. The van der Waals surface area contributed by atoms with Crippen LogP contribution in [0.3, 0.4) is 0 Å². The molecule has 0 spiro atoms. The number of thioether (sulfide) groups is 1. The van der Waals surface area contributed by atoms with Crippen molar-refractivity contribution in [2.24, 2.45) is 0 Å². The van der Waals surface area contributed by atoms with Crippen molar-refractivity contribution in [2.75, 3.05) is 5.75 Å². The lowest BCUT2D eigenvalue weighted by Crippen LogP contribution is -2.28. The van der Waals surface area contributed by atoms with Crippen LogP contribution in [-0.4, -0.2) is 16.8 Å². The van der Waals surface area contributed by atoms with Gasteiger partial charge in [-0.25, -0.2) is 0 Å². The van der Waals surface area contributed by atoms with E-state index in [2.05, 4.69) is 6.92 Å². The summed E-state index contributed by atoms with van der Waals surface area (Å²) < 4.78 is 0. The van der Waals surface area contributed by atoms with E-state index in [4.69, 9.17) is 16.7 Å². The Morgan fingerprint density at radius 2 is 2.12 bits per heavy atom. The standard InChI is InChI=1S/C12H15ClO2S/c1-4-16-10-6-5-8(7-9(10)13)12(2,3)11(14)15/h5-7H,4H2,1-3H3,(H,14,15). The number of carbonyl (C=O) groups is 1. The van der Waals surface area contributed by atoms with Crippen molar-refractivity contribution in [1.29, 1.82) is 0 Å². The second-order valence-electron chi connectivity index (χ2n) is 4.01. The van der Waals surface area contributed by atoms with Crippen molar-refractivity contribution in [3.8, 4) is 0 Å². The second-order valence-corrected chi connectivity index (χ2v) is 5.72. The molecule has 88 valence electrons. The molecule has 1 N–H and O–H groups in total. The van der Waals surface area contributed by atoms with Crippen molar-refractivity contribution < 1.29 is 9.90 Å². The van der Waals surface area contributed by atoms with Gasteiger partial charge in [-0.3, -0.25) is 4.79 Å². The molecule has 16 heavy (non-hydrogen) atoms. The molecule has 2 nitrogen and oxygen atoms in total. The fourth-order valence-corrected chi connectivity index (χ4v) is 2.30. The van der Waals surface area contributed by atoms with E-state index in [9.17, 15) is 4.79 Å². The maximum absolute atomic E-state index is 11.1. The monoisotopic (exact) mass is 258 g/mol. The summed E-state index contributed by atoms with van der Waals surface area (Å²) in [4.78, 5) is 12.1. The van der Waals surface area contributed by atoms with Crippen molar-refractivity contribution >= 4 is 29.3 Å². The van der Waals surface area contributed by atoms with E-state index >= 15 is 0 Å². The molecule has 0 atom stereocenters. The number of benzene rings is 1. The highest BCUT2D eigenvalue weighted by Gasteiger charge is 2.29. The molecule has 0 fully saturated rings. The van der Waals surface area contributed by atoms with E-state index in [1.807, 2.05) is 12.1 Å². The number of halogens is 1. The Morgan fingerprint density at radius 1 is 1.50 bits per heavy atom. The quantitative estimate of drug-likeness (QED) is 0.835. The molecule has 0 saturated carbocycles. The van der Waals surface area contributed by atoms with Crippen LogP contribution in [0.4, 0.5) is 0 Å². The Morgan fingerprint density at radius 3 is 2.56 bits per heavy atom. The zero-order valence-corrected chi connectivity index (χ0v) is 11.2. The van der Waals surface area contributed by atoms with Gasteiger partial charge in [0.1, 0.15) is 0 Å². The third-order valence-electron chi connectivity index (χ3n) is 2.49. The molecule has 0 radical (unpaired) electrons. The Hall–Kier alpha value is -0.670. The summed E-state index contributed by atoms with van der Waals surface area (Å²) in [6.07, 6.45) is 0. The summed E-state index contributed by atoms with van der Waals surface area (Å²) in [5.41, 5.74) is -0.176. The molecule has 1 aromatic rings. The van der Waals surface area contributed by atoms with E-state index in [0.29, 0.717) is 5.02 Å². The van der Waals surface area contributed by atoms with Crippen LogP contribution in [0.25, 0.3) is 0 Å². The fraction of sp³-hybridized carbons (Fsp3) is 0.417. The molecule has 0 aromatic heterocycles. The topological polar surface area (TPSA) is 37.3 Å². The van der Waals surface area contributed by atoms with Crippen molar-refractivity contribution in [3.63, 3.8) is 0 Å². The SMILES string of the molecule is CCSc1ccc(C(C)(C)C(=O)O)cc1Cl. The first-order valence-electron chi connectivity index (χ1n) is 5.05. The molecule has 1 rings (SSSR count). The minimum atomic E-state index is -0.904. The van der Waals surface area contributed by atoms with Gasteiger partial charge in [0.05, 0.1) is 10.4 Å². The second kappa shape index (κ2) is 5.11. The van der Waals surface area contributed by atoms with Crippen molar-refractivity contribution in [2.45, 2.75) is 31.1 Å². The third-order valence-corrected chi connectivity index (χ3v) is 3.87. The van der Waals surface area contributed by atoms with Crippen LogP contribution in [0.1, 0.15) is 26.3 Å². The zero-order chi connectivity index (χ0) is 12.3. The number of hydrogen-bond donors (Lipinski definition) is 1. The highest BCUT2D eigenvalue weighted by molar-refractivity contribution is 7.99. The Labute approximate surface area is 105 Å². The first-order chi connectivity index (χ1) is 7.39. The van der Waals surface area contributed by atoms with Crippen LogP contribution < -0.4 is 0 Å². The molecular weight excluding hydrogens is 244 g/mol. The number of carboxylic acids is 1. The summed E-state index contributed by atoms with van der Waals surface area (Å²) in [6, 6.07) is 5.46. The number of rotatable bonds is 4. The highest BCUT2D eigenvalue weighted by Crippen LogP contribution is 2.32. The van der Waals surface area contributed by atoms with E-state index in [0.717, 1.165) is 16.2 Å². The predicted octanol–water partition coefficient (Wildman–Crippen LogP) is 3.81. The first-order valence-corrected chi connectivity index (χ1v) is 6.42. The fourth-order valence-electron chi connectivity index (χ4n) is 1.29. The lowest BCUT2D eigenvalue weighted by molar-refractivity contribution is -0.142. The largest absolute Gasteiger partial charge is 0.481 e. The minimum Gasteiger partial charge on any atom is -0.481 e. The molecular formula is C12H15ClO2S. The highest BCUT2D eigenvalue weighted by atomic mass is 35.5. The number of hydrogen-bond acceptors (Lipinski definition) is 2. The van der Waals surface area contributed by atoms with Crippen LogP contribution in [0.15, 0.2) is 23.1 Å². The van der Waals surface area contributed by atoms with Gasteiger partial charge in [0.15, 0.2) is 0 Å². The molecule has 0 heterocycles. The number of aliphatic carboxylic acids is 1. The van der Waals surface area contributed by atoms with Crippen LogP contribution in [0.2, 0.25) is 5.02 Å². The Balaban J connectivity index is 3.10. The van der Waals surface area contributed by atoms with Gasteiger partial charge in [0.2, 0.25) is 0 Å². The van der Waals surface area contributed by atoms with E-state index < -0.39 is 11.4 Å². The van der Waals surface area contributed by atoms with Crippen molar-refractivity contribution in [3.05, 3.63) is 28.8 Å². The average molecular weight is 259 g/mol. The van der Waals surface area contributed by atoms with Crippen LogP contribution in [0, 0.1) is 0 Å². The molecule has 0 unspecified atom stereocenters. The van der Waals surface area contributed by atoms with Gasteiger partial charge in [-0.2, -0.15) is 0 Å². The lowest BCUT2D eigenvalue weighted by atomic mass is 9.85. The normalized spacial score (nSPS) is 11.5. The Bertz CT molecular complexity index is 402. The predicted molar refractivity (Wildman–Crippen MR) is 68.5 cm³/mol. The van der Waals surface area contributed by atoms with Gasteiger partial charge in [-0.05, 0) is 37.3 Å². The van der Waals surface area contributed by atoms with Gasteiger partial charge < -0.3 is 5.11 Å². The average Bonchev–Trinajstić information content (AvgIpc) is 2.21. The molecule has 4 heteroatoms. The van der Waals surface area contributed by atoms with Crippen LogP contribution in [-0.2, 0) is 10.2 Å². The molecule has 1 aromatic carbocycles. The van der Waals surface area contributed by atoms with Gasteiger partial charge in [0.25, 0.3) is 0 Å². The lowest BCUT2D eigenvalue weighted by Gasteiger charge is -2.20. The van der Waals surface area contributed by atoms with Gasteiger partial charge in [-0.1, -0.05) is 24.6 Å². The maximum atomic E-state index is 11.1. The summed E-state index contributed by atoms with van der Waals surface area (Å²) in [6.45, 7) is 5.40. The molecule has 0 aliphatic carbocycles. The van der Waals surface area contributed by atoms with Gasteiger partial charge in [-0.15, -0.1) is 11.8 Å². The number of carboxylic acid groups (broad SMARTS) is 1. The van der Waals surface area contributed by atoms with Crippen LogP contribution >= 0.6 is 23.4 Å². The molecule has 0 bridgehead atoms. The minimum absolute atomic E-state index is 0.624. The molecule has 0 aliphatic heterocycles. The van der Waals surface area contributed by atoms with E-state index in [1.54, 1.807) is 31.7 Å². The van der Waals surface area contributed by atoms with Crippen molar-refractivity contribution in [1.82, 2.24) is 0 Å². The zero-order valence-electron chi connectivity index (χ0n) is 9.58. The van der Waals surface area contributed by atoms with E-state index in [1.165, 1.54) is 0 Å². The summed E-state index contributed by atoms with van der Waals surface area (Å²) in [5, 5.41) is 9.73. The third kappa shape index (κ3) is 2.71. The maximum Gasteiger partial charge on any atom is 0.313 e. The Kier molecular flexibility index (Phi) is 4.28. The molecule has 0 saturated heterocycles. The van der Waals surface area contributed by atoms with Gasteiger partial charge >= 0.3 is 5.97 Å². The van der Waals surface area contributed by atoms with Crippen LogP contribution in [0.5, 0.6) is 0 Å². The van der Waals surface area contributed by atoms with E-state index in [-0.39, 0.29) is 0 Å².